The third-order valence-corrected chi connectivity index (χ3v) is 4.90. The van der Waals surface area contributed by atoms with Crippen LogP contribution in [0.1, 0.15) is 28.3 Å². The molecule has 1 saturated heterocycles. The van der Waals surface area contributed by atoms with Gasteiger partial charge in [0.2, 0.25) is 0 Å². The average Bonchev–Trinajstić information content (AvgIpc) is 3.12. The fraction of sp³-hybridized carbons (Fsp3) is 0.263. The Kier molecular flexibility index (Phi) is 4.57. The van der Waals surface area contributed by atoms with E-state index in [-0.39, 0.29) is 17.5 Å². The number of aromatic nitrogens is 2. The van der Waals surface area contributed by atoms with Crippen LogP contribution >= 0.6 is 0 Å². The Morgan fingerprint density at radius 2 is 2.00 bits per heavy atom. The molecule has 27 heavy (non-hydrogen) atoms. The summed E-state index contributed by atoms with van der Waals surface area (Å²) in [4.78, 5) is 19.6. The zero-order valence-electron chi connectivity index (χ0n) is 14.2. The van der Waals surface area contributed by atoms with Crippen LogP contribution in [-0.4, -0.2) is 35.0 Å². The number of nitrogens with zero attached hydrogens (tertiary/aromatic N) is 1. The summed E-state index contributed by atoms with van der Waals surface area (Å²) in [6, 6.07) is 5.84. The molecule has 140 valence electrons. The molecule has 5 nitrogen and oxygen atoms in total. The van der Waals surface area contributed by atoms with Gasteiger partial charge in [0, 0.05) is 18.5 Å². The van der Waals surface area contributed by atoms with Gasteiger partial charge in [-0.05, 0) is 42.8 Å². The first-order valence-electron chi connectivity index (χ1n) is 8.62. The van der Waals surface area contributed by atoms with Crippen LogP contribution in [0.2, 0.25) is 0 Å². The molecule has 3 aromatic rings. The van der Waals surface area contributed by atoms with E-state index < -0.39 is 23.4 Å². The van der Waals surface area contributed by atoms with Crippen molar-refractivity contribution in [2.75, 3.05) is 13.1 Å². The minimum absolute atomic E-state index is 0.126. The number of carbonyl (C=O) groups excluding carboxylic acids is 1. The fourth-order valence-electron chi connectivity index (χ4n) is 3.59. The van der Waals surface area contributed by atoms with Crippen LogP contribution in [-0.2, 0) is 0 Å². The Bertz CT molecular complexity index is 1000. The number of carbonyl (C=O) groups is 1. The van der Waals surface area contributed by atoms with E-state index in [1.165, 1.54) is 24.5 Å². The SMILES string of the molecule is O=C(NC1CNCCC1c1ccc(F)c(F)c1)c1cc(F)cc2[nH]cnc12. The molecule has 1 fully saturated rings. The molecule has 2 unspecified atom stereocenters. The van der Waals surface area contributed by atoms with Gasteiger partial charge in [0.05, 0.1) is 17.4 Å². The predicted octanol–water partition coefficient (Wildman–Crippen LogP) is 2.86. The van der Waals surface area contributed by atoms with Crippen LogP contribution in [0.4, 0.5) is 13.2 Å². The van der Waals surface area contributed by atoms with Gasteiger partial charge >= 0.3 is 0 Å². The molecule has 3 N–H and O–H groups in total. The summed E-state index contributed by atoms with van der Waals surface area (Å²) in [5, 5.41) is 6.07. The monoisotopic (exact) mass is 374 g/mol. The van der Waals surface area contributed by atoms with Crippen molar-refractivity contribution >= 4 is 16.9 Å². The van der Waals surface area contributed by atoms with Crippen LogP contribution in [0.5, 0.6) is 0 Å². The standard InChI is InChI=1S/C19H17F3N4O/c20-11-6-13(18-16(7-11)24-9-25-18)19(27)26-17-8-23-4-3-12(17)10-1-2-14(21)15(22)5-10/h1-2,5-7,9,12,17,23H,3-4,8H2,(H,24,25)(H,26,27). The first-order chi connectivity index (χ1) is 13.0. The number of H-pyrrole nitrogens is 1. The third kappa shape index (κ3) is 3.40. The maximum atomic E-state index is 13.8. The second-order valence-electron chi connectivity index (χ2n) is 6.60. The van der Waals surface area contributed by atoms with Crippen molar-refractivity contribution in [3.05, 3.63) is 65.2 Å². The van der Waals surface area contributed by atoms with Gasteiger partial charge in [0.1, 0.15) is 11.3 Å². The van der Waals surface area contributed by atoms with Gasteiger partial charge in [-0.2, -0.15) is 0 Å². The van der Waals surface area contributed by atoms with Crippen molar-refractivity contribution in [2.45, 2.75) is 18.4 Å². The Morgan fingerprint density at radius 1 is 1.15 bits per heavy atom. The van der Waals surface area contributed by atoms with Gasteiger partial charge in [0.15, 0.2) is 11.6 Å². The molecule has 1 amide bonds. The third-order valence-electron chi connectivity index (χ3n) is 4.90. The van der Waals surface area contributed by atoms with Gasteiger partial charge < -0.3 is 15.6 Å². The molecule has 0 aliphatic carbocycles. The largest absolute Gasteiger partial charge is 0.347 e. The molecule has 2 aromatic carbocycles. The van der Waals surface area contributed by atoms with Crippen molar-refractivity contribution in [3.8, 4) is 0 Å². The highest BCUT2D eigenvalue weighted by Gasteiger charge is 2.29. The molecule has 1 aromatic heterocycles. The number of aromatic amines is 1. The molecule has 1 aliphatic heterocycles. The highest BCUT2D eigenvalue weighted by atomic mass is 19.2. The summed E-state index contributed by atoms with van der Waals surface area (Å²) in [6.45, 7) is 1.16. The molecule has 0 saturated carbocycles. The molecule has 0 bridgehead atoms. The number of amides is 1. The van der Waals surface area contributed by atoms with E-state index >= 15 is 0 Å². The van der Waals surface area contributed by atoms with E-state index in [1.807, 2.05) is 0 Å². The predicted molar refractivity (Wildman–Crippen MR) is 93.9 cm³/mol. The van der Waals surface area contributed by atoms with E-state index in [4.69, 9.17) is 0 Å². The second-order valence-corrected chi connectivity index (χ2v) is 6.60. The Morgan fingerprint density at radius 3 is 2.81 bits per heavy atom. The first kappa shape index (κ1) is 17.5. The van der Waals surface area contributed by atoms with Crippen molar-refractivity contribution in [1.82, 2.24) is 20.6 Å². The minimum atomic E-state index is -0.917. The number of hydrogen-bond acceptors (Lipinski definition) is 3. The zero-order chi connectivity index (χ0) is 19.0. The van der Waals surface area contributed by atoms with Crippen LogP contribution in [0.25, 0.3) is 11.0 Å². The molecule has 1 aliphatic rings. The highest BCUT2D eigenvalue weighted by molar-refractivity contribution is 6.05. The summed E-state index contributed by atoms with van der Waals surface area (Å²) in [5.41, 5.74) is 1.55. The normalized spacial score (nSPS) is 20.0. The molecule has 0 radical (unpaired) electrons. The maximum Gasteiger partial charge on any atom is 0.253 e. The zero-order valence-corrected chi connectivity index (χ0v) is 14.2. The van der Waals surface area contributed by atoms with Crippen LogP contribution in [0.15, 0.2) is 36.7 Å². The molecule has 4 rings (SSSR count). The topological polar surface area (TPSA) is 69.8 Å². The fourth-order valence-corrected chi connectivity index (χ4v) is 3.59. The number of imidazole rings is 1. The summed E-state index contributed by atoms with van der Waals surface area (Å²) < 4.78 is 40.7. The van der Waals surface area contributed by atoms with Crippen molar-refractivity contribution in [3.63, 3.8) is 0 Å². The van der Waals surface area contributed by atoms with Gasteiger partial charge in [-0.3, -0.25) is 4.79 Å². The highest BCUT2D eigenvalue weighted by Crippen LogP contribution is 2.27. The second kappa shape index (κ2) is 7.03. The molecular formula is C19H17F3N4O. The van der Waals surface area contributed by atoms with E-state index in [1.54, 1.807) is 0 Å². The first-order valence-corrected chi connectivity index (χ1v) is 8.62. The lowest BCUT2D eigenvalue weighted by Gasteiger charge is -2.33. The Balaban J connectivity index is 1.61. The quantitative estimate of drug-likeness (QED) is 0.660. The minimum Gasteiger partial charge on any atom is -0.347 e. The number of piperidine rings is 1. The number of benzene rings is 2. The van der Waals surface area contributed by atoms with E-state index in [0.29, 0.717) is 36.1 Å². The van der Waals surface area contributed by atoms with Gasteiger partial charge in [0.25, 0.3) is 5.91 Å². The van der Waals surface area contributed by atoms with E-state index in [2.05, 4.69) is 20.6 Å². The van der Waals surface area contributed by atoms with Crippen molar-refractivity contribution < 1.29 is 18.0 Å². The summed E-state index contributed by atoms with van der Waals surface area (Å²) in [7, 11) is 0. The number of hydrogen-bond donors (Lipinski definition) is 3. The van der Waals surface area contributed by atoms with E-state index in [9.17, 15) is 18.0 Å². The number of rotatable bonds is 3. The van der Waals surface area contributed by atoms with Crippen LogP contribution in [0.3, 0.4) is 0 Å². The molecular weight excluding hydrogens is 357 g/mol. The van der Waals surface area contributed by atoms with Crippen LogP contribution in [0, 0.1) is 17.5 Å². The Labute approximate surface area is 153 Å². The summed E-state index contributed by atoms with van der Waals surface area (Å²) in [6.07, 6.45) is 2.05. The Hall–Kier alpha value is -2.87. The molecule has 0 spiro atoms. The van der Waals surface area contributed by atoms with Gasteiger partial charge in [-0.1, -0.05) is 6.07 Å². The molecule has 2 atom stereocenters. The van der Waals surface area contributed by atoms with Crippen molar-refractivity contribution in [2.24, 2.45) is 0 Å². The van der Waals surface area contributed by atoms with Crippen LogP contribution < -0.4 is 10.6 Å². The summed E-state index contributed by atoms with van der Waals surface area (Å²) in [5.74, 6) is -3.02. The lowest BCUT2D eigenvalue weighted by atomic mass is 9.85. The maximum absolute atomic E-state index is 13.8. The van der Waals surface area contributed by atoms with E-state index in [0.717, 1.165) is 12.1 Å². The average molecular weight is 374 g/mol. The number of nitrogens with one attached hydrogen (secondary N) is 3. The molecule has 2 heterocycles. The number of fused-ring (bicyclic) bond motifs is 1. The number of halogens is 3. The smallest absolute Gasteiger partial charge is 0.253 e. The lowest BCUT2D eigenvalue weighted by molar-refractivity contribution is 0.0925. The summed E-state index contributed by atoms with van der Waals surface area (Å²) >= 11 is 0. The lowest BCUT2D eigenvalue weighted by Crippen LogP contribution is -2.50. The van der Waals surface area contributed by atoms with Gasteiger partial charge in [-0.25, -0.2) is 18.2 Å². The van der Waals surface area contributed by atoms with Crippen molar-refractivity contribution in [1.29, 1.82) is 0 Å². The molecule has 8 heteroatoms. The van der Waals surface area contributed by atoms with Gasteiger partial charge in [-0.15, -0.1) is 0 Å².